The molecule has 116 heavy (non-hydrogen) atoms. The summed E-state index contributed by atoms with van der Waals surface area (Å²) >= 11 is 0. The van der Waals surface area contributed by atoms with Crippen molar-refractivity contribution < 1.29 is 0 Å². The van der Waals surface area contributed by atoms with Crippen LogP contribution in [-0.4, -0.2) is 24.1 Å². The monoisotopic (exact) mass is 1470 g/mol. The van der Waals surface area contributed by atoms with Crippen LogP contribution >= 0.6 is 0 Å². The Kier molecular flexibility index (Phi) is 15.0. The molecule has 7 nitrogen and oxygen atoms in total. The summed E-state index contributed by atoms with van der Waals surface area (Å²) < 4.78 is 4.67. The second-order valence-corrected chi connectivity index (χ2v) is 30.3. The van der Waals surface area contributed by atoms with E-state index >= 15 is 0 Å². The zero-order chi connectivity index (χ0) is 76.6. The van der Waals surface area contributed by atoms with Crippen molar-refractivity contribution in [1.29, 1.82) is 10.5 Å². The molecule has 0 aliphatic rings. The molecular weight excluding hydrogens is 1410 g/mol. The first-order valence-corrected chi connectivity index (χ1v) is 39.2. The Balaban J connectivity index is 0.000000137. The minimum atomic E-state index is 0.656. The molecule has 0 amide bonds. The maximum Gasteiger partial charge on any atom is 0.0992 e. The third-order valence-electron chi connectivity index (χ3n) is 23.9. The number of hydrogen-bond acceptors (Lipinski definition) is 5. The lowest BCUT2D eigenvalue weighted by atomic mass is 9.86. The van der Waals surface area contributed by atoms with Gasteiger partial charge in [0.15, 0.2) is 0 Å². The Morgan fingerprint density at radius 1 is 0.207 bits per heavy atom. The van der Waals surface area contributed by atoms with Crippen LogP contribution in [0.15, 0.2) is 383 Å². The van der Waals surface area contributed by atoms with Crippen LogP contribution in [0.5, 0.6) is 0 Å². The first-order chi connectivity index (χ1) is 57.4. The van der Waals surface area contributed by atoms with Crippen LogP contribution < -0.4 is 0 Å². The van der Waals surface area contributed by atoms with Gasteiger partial charge in [-0.25, -0.2) is 0 Å². The van der Waals surface area contributed by atoms with E-state index in [2.05, 4.69) is 325 Å². The lowest BCUT2D eigenvalue weighted by molar-refractivity contribution is 1.18. The highest BCUT2D eigenvalue weighted by molar-refractivity contribution is 6.30. The normalized spacial score (nSPS) is 11.8. The summed E-state index contributed by atoms with van der Waals surface area (Å²) in [5.41, 5.74) is 24.4. The van der Waals surface area contributed by atoms with E-state index in [1.165, 1.54) is 119 Å². The fourth-order valence-electron chi connectivity index (χ4n) is 18.9. The Labute approximate surface area is 666 Å². The van der Waals surface area contributed by atoms with Crippen molar-refractivity contribution in [2.75, 3.05) is 0 Å². The predicted molar refractivity (Wildman–Crippen MR) is 482 cm³/mol. The Morgan fingerprint density at radius 2 is 0.543 bits per heavy atom. The van der Waals surface area contributed by atoms with Crippen LogP contribution in [0.3, 0.4) is 0 Å². The van der Waals surface area contributed by atoms with Gasteiger partial charge >= 0.3 is 0 Å². The highest BCUT2D eigenvalue weighted by Gasteiger charge is 2.25. The molecule has 0 saturated carbocycles. The van der Waals surface area contributed by atoms with Crippen LogP contribution in [0.25, 0.3) is 230 Å². The summed E-state index contributed by atoms with van der Waals surface area (Å²) in [6.07, 6.45) is 5.57. The van der Waals surface area contributed by atoms with Crippen LogP contribution in [0, 0.1) is 22.7 Å². The Hall–Kier alpha value is -15.9. The topological polar surface area (TPSA) is 96.1 Å². The summed E-state index contributed by atoms with van der Waals surface area (Å²) in [5, 5.41) is 45.1. The molecule has 5 aromatic heterocycles. The number of aromatic nitrogens is 5. The van der Waals surface area contributed by atoms with Crippen molar-refractivity contribution in [3.8, 4) is 102 Å². The molecule has 0 aliphatic carbocycles. The van der Waals surface area contributed by atoms with Crippen LogP contribution in [0.2, 0.25) is 0 Å². The summed E-state index contributed by atoms with van der Waals surface area (Å²) in [6.45, 7) is 0. The van der Waals surface area contributed by atoms with Gasteiger partial charge in [0.25, 0.3) is 0 Å². The van der Waals surface area contributed by atoms with E-state index in [1.807, 2.05) is 79.3 Å². The van der Waals surface area contributed by atoms with Crippen LogP contribution in [-0.2, 0) is 0 Å². The third-order valence-corrected chi connectivity index (χ3v) is 23.9. The van der Waals surface area contributed by atoms with Crippen molar-refractivity contribution in [2.45, 2.75) is 0 Å². The zero-order valence-corrected chi connectivity index (χ0v) is 62.5. The molecule has 7 heteroatoms. The van der Waals surface area contributed by atoms with Crippen molar-refractivity contribution in [3.05, 3.63) is 394 Å². The molecule has 0 saturated heterocycles. The second-order valence-electron chi connectivity index (χ2n) is 30.3. The number of nitrogens with zero attached hydrogens (tertiary/aromatic N) is 7. The average Bonchev–Trinajstić information content (AvgIpc) is 1.40. The first kappa shape index (κ1) is 65.9. The lowest BCUT2D eigenvalue weighted by Gasteiger charge is -2.17. The fraction of sp³-hybridized carbons (Fsp3) is 0. The number of nitriles is 2. The summed E-state index contributed by atoms with van der Waals surface area (Å²) in [4.78, 5) is 14.2. The second kappa shape index (κ2) is 26.4. The Morgan fingerprint density at radius 3 is 0.948 bits per heavy atom. The molecule has 0 atom stereocenters. The third kappa shape index (κ3) is 10.5. The molecule has 0 unspecified atom stereocenters. The minimum absolute atomic E-state index is 0.656. The number of hydrogen-bond donors (Lipinski definition) is 0. The van der Waals surface area contributed by atoms with Gasteiger partial charge in [0.05, 0.1) is 62.2 Å². The summed E-state index contributed by atoms with van der Waals surface area (Å²) in [7, 11) is 0. The molecule has 0 bridgehead atoms. The van der Waals surface area contributed by atoms with Gasteiger partial charge in [0.2, 0.25) is 0 Å². The molecule has 24 rings (SSSR count). The highest BCUT2D eigenvalue weighted by Crippen LogP contribution is 2.50. The molecule has 5 heterocycles. The zero-order valence-electron chi connectivity index (χ0n) is 62.5. The van der Waals surface area contributed by atoms with Gasteiger partial charge in [-0.3, -0.25) is 15.0 Å². The van der Waals surface area contributed by atoms with E-state index in [0.717, 1.165) is 111 Å². The molecule has 19 aromatic carbocycles. The highest BCUT2D eigenvalue weighted by atomic mass is 15.0. The SMILES string of the molecule is N#Cc1cc2ccc3cc(-c4cc5c6ccccc6c(-c6cc(-c7ccccn7)cc(-c7ccccn7)c6)cc5c5ccccc45)cc4c3c2c(c1)n4-c1ccccc1.N#Cc1cc2ccc3cc(-c4cc5c6ccccc6c(-c6ccc(-c7cccc8cccnc78)cc6)cc5c5ccccc45)cc4c3c2c(c1)n4-c1ccccc1. The van der Waals surface area contributed by atoms with E-state index < -0.39 is 0 Å². The van der Waals surface area contributed by atoms with Gasteiger partial charge in [-0.2, -0.15) is 10.5 Å². The molecule has 0 spiro atoms. The van der Waals surface area contributed by atoms with Gasteiger partial charge < -0.3 is 9.13 Å². The van der Waals surface area contributed by atoms with Crippen LogP contribution in [0.1, 0.15) is 11.1 Å². The molecule has 534 valence electrons. The standard InChI is InChI=1S/C55H32N4.C54H31N3/c56-33-34-24-35-20-21-36-26-38(30-53-55(36)54(35)52(25-34)59(53)41-12-2-1-3-13-41)47-32-49-44-16-6-4-14-42(44)46(31-48(49)45-17-7-5-15-43(45)47)37-27-39(50-18-8-10-22-57-50)29-40(28-37)51-19-9-11-23-58-51;55-32-33-26-37-23-24-38-28-39(29-51-53(38)52(37)50(27-33)57(51)40-12-2-1-3-13-40)47-31-49-44-16-6-4-14-42(44)46(30-48(49)45-17-7-5-15-43(45)47)35-21-19-34(20-22-35)41-18-8-10-36-11-9-25-56-54(36)41/h1-32H;1-31H. The quantitative estimate of drug-likeness (QED) is 0.134. The molecule has 0 N–H and O–H groups in total. The fourth-order valence-corrected chi connectivity index (χ4v) is 18.9. The van der Waals surface area contributed by atoms with E-state index in [1.54, 1.807) is 0 Å². The summed E-state index contributed by atoms with van der Waals surface area (Å²) in [6, 6.07) is 135. The van der Waals surface area contributed by atoms with E-state index in [-0.39, 0.29) is 0 Å². The number of pyridine rings is 3. The summed E-state index contributed by atoms with van der Waals surface area (Å²) in [5.74, 6) is 0. The van der Waals surface area contributed by atoms with Gasteiger partial charge in [0, 0.05) is 73.6 Å². The van der Waals surface area contributed by atoms with Crippen LogP contribution in [0.4, 0.5) is 0 Å². The number of fused-ring (bicyclic) bond motifs is 11. The first-order valence-electron chi connectivity index (χ1n) is 39.2. The minimum Gasteiger partial charge on any atom is -0.309 e. The smallest absolute Gasteiger partial charge is 0.0992 e. The van der Waals surface area contributed by atoms with E-state index in [4.69, 9.17) is 15.0 Å². The number of para-hydroxylation sites is 3. The maximum absolute atomic E-state index is 10.0. The predicted octanol–water partition coefficient (Wildman–Crippen LogP) is 28.4. The molecule has 0 aliphatic heterocycles. The lowest BCUT2D eigenvalue weighted by Crippen LogP contribution is -1.94. The molecule has 0 radical (unpaired) electrons. The average molecular weight is 1470 g/mol. The maximum atomic E-state index is 10.0. The van der Waals surface area contributed by atoms with Gasteiger partial charge in [-0.1, -0.05) is 218 Å². The van der Waals surface area contributed by atoms with Crippen molar-refractivity contribution in [1.82, 2.24) is 24.1 Å². The van der Waals surface area contributed by atoms with Crippen molar-refractivity contribution >= 4 is 141 Å². The van der Waals surface area contributed by atoms with Gasteiger partial charge in [-0.15, -0.1) is 0 Å². The van der Waals surface area contributed by atoms with Crippen molar-refractivity contribution in [3.63, 3.8) is 0 Å². The van der Waals surface area contributed by atoms with Crippen molar-refractivity contribution in [2.24, 2.45) is 0 Å². The largest absolute Gasteiger partial charge is 0.309 e. The number of benzene rings is 19. The molecular formula is C109H63N7. The molecule has 24 aromatic rings. The Bertz CT molecular complexity index is 8200. The van der Waals surface area contributed by atoms with E-state index in [0.29, 0.717) is 11.1 Å². The van der Waals surface area contributed by atoms with Gasteiger partial charge in [0.1, 0.15) is 0 Å². The number of rotatable bonds is 9. The van der Waals surface area contributed by atoms with E-state index in [9.17, 15) is 10.5 Å². The van der Waals surface area contributed by atoms with Gasteiger partial charge in [-0.05, 0) is 282 Å². The molecule has 0 fully saturated rings.